The number of nitrogens with zero attached hydrogens (tertiary/aromatic N) is 2. The summed E-state index contributed by atoms with van der Waals surface area (Å²) in [6.45, 7) is 0. The molecule has 0 saturated carbocycles. The first-order chi connectivity index (χ1) is 10.7. The lowest BCUT2D eigenvalue weighted by atomic mass is 9.94. The van der Waals surface area contributed by atoms with E-state index in [9.17, 15) is 4.79 Å². The van der Waals surface area contributed by atoms with E-state index in [0.717, 1.165) is 16.7 Å². The van der Waals surface area contributed by atoms with Crippen LogP contribution in [0.5, 0.6) is 0 Å². The van der Waals surface area contributed by atoms with Crippen LogP contribution in [0.25, 0.3) is 22.3 Å². The number of hydrogen-bond acceptors (Lipinski definition) is 4. The molecule has 0 aliphatic heterocycles. The van der Waals surface area contributed by atoms with Gasteiger partial charge in [0.25, 0.3) is 0 Å². The monoisotopic (exact) mass is 290 g/mol. The Kier molecular flexibility index (Phi) is 3.53. The van der Waals surface area contributed by atoms with Crippen LogP contribution in [-0.2, 0) is 0 Å². The molecule has 1 amide bonds. The third kappa shape index (κ3) is 2.40. The Morgan fingerprint density at radius 3 is 2.45 bits per heavy atom. The van der Waals surface area contributed by atoms with Crippen molar-refractivity contribution in [1.29, 1.82) is 0 Å². The molecule has 5 nitrogen and oxygen atoms in total. The van der Waals surface area contributed by atoms with Crippen molar-refractivity contribution in [2.45, 2.75) is 0 Å². The second-order valence-corrected chi connectivity index (χ2v) is 4.77. The number of nitrogens with two attached hydrogens (primary N) is 2. The van der Waals surface area contributed by atoms with E-state index < -0.39 is 5.91 Å². The number of hydrogen-bond donors (Lipinski definition) is 2. The zero-order valence-corrected chi connectivity index (χ0v) is 11.7. The van der Waals surface area contributed by atoms with Gasteiger partial charge in [-0.1, -0.05) is 30.3 Å². The highest BCUT2D eigenvalue weighted by molar-refractivity contribution is 6.04. The number of amides is 1. The SMILES string of the molecule is NC(=O)c1ccnc(N)c1-c1cnccc1-c1ccccc1. The van der Waals surface area contributed by atoms with E-state index in [-0.39, 0.29) is 5.82 Å². The first-order valence-electron chi connectivity index (χ1n) is 6.72. The van der Waals surface area contributed by atoms with Crippen molar-refractivity contribution in [3.8, 4) is 22.3 Å². The number of pyridine rings is 2. The van der Waals surface area contributed by atoms with Crippen molar-refractivity contribution in [2.24, 2.45) is 5.73 Å². The van der Waals surface area contributed by atoms with Gasteiger partial charge in [-0.25, -0.2) is 4.98 Å². The van der Waals surface area contributed by atoms with Crippen LogP contribution in [0.1, 0.15) is 10.4 Å². The van der Waals surface area contributed by atoms with Crippen LogP contribution in [0.2, 0.25) is 0 Å². The van der Waals surface area contributed by atoms with Gasteiger partial charge in [0.15, 0.2) is 0 Å². The number of nitrogen functional groups attached to an aromatic ring is 1. The summed E-state index contributed by atoms with van der Waals surface area (Å²) >= 11 is 0. The average Bonchev–Trinajstić information content (AvgIpc) is 2.55. The van der Waals surface area contributed by atoms with Gasteiger partial charge in [-0.3, -0.25) is 9.78 Å². The van der Waals surface area contributed by atoms with Crippen molar-refractivity contribution in [1.82, 2.24) is 9.97 Å². The zero-order chi connectivity index (χ0) is 15.5. The second kappa shape index (κ2) is 5.65. The summed E-state index contributed by atoms with van der Waals surface area (Å²) in [5, 5.41) is 0. The molecule has 1 aromatic carbocycles. The van der Waals surface area contributed by atoms with E-state index in [1.54, 1.807) is 18.5 Å². The minimum atomic E-state index is -0.549. The fraction of sp³-hybridized carbons (Fsp3) is 0. The molecule has 0 saturated heterocycles. The third-order valence-corrected chi connectivity index (χ3v) is 3.42. The lowest BCUT2D eigenvalue weighted by Gasteiger charge is -2.13. The predicted molar refractivity (Wildman–Crippen MR) is 85.8 cm³/mol. The van der Waals surface area contributed by atoms with Gasteiger partial charge in [0, 0.05) is 29.7 Å². The summed E-state index contributed by atoms with van der Waals surface area (Å²) in [5.74, 6) is -0.298. The molecule has 0 unspecified atom stereocenters. The van der Waals surface area contributed by atoms with Crippen molar-refractivity contribution in [2.75, 3.05) is 5.73 Å². The lowest BCUT2D eigenvalue weighted by Crippen LogP contribution is -2.14. The highest BCUT2D eigenvalue weighted by Crippen LogP contribution is 2.35. The Bertz CT molecular complexity index is 831. The van der Waals surface area contributed by atoms with Crippen molar-refractivity contribution < 1.29 is 4.79 Å². The predicted octanol–water partition coefficient (Wildman–Crippen LogP) is 2.49. The molecule has 3 aromatic rings. The molecular formula is C17H14N4O. The first kappa shape index (κ1) is 13.8. The molecule has 0 spiro atoms. The number of carbonyl (C=O) groups excluding carboxylic acids is 1. The minimum absolute atomic E-state index is 0.251. The first-order valence-corrected chi connectivity index (χ1v) is 6.72. The topological polar surface area (TPSA) is 94.9 Å². The summed E-state index contributed by atoms with van der Waals surface area (Å²) in [6, 6.07) is 13.2. The third-order valence-electron chi connectivity index (χ3n) is 3.42. The lowest BCUT2D eigenvalue weighted by molar-refractivity contribution is 0.100. The van der Waals surface area contributed by atoms with Crippen LogP contribution in [0.3, 0.4) is 0 Å². The van der Waals surface area contributed by atoms with Crippen LogP contribution < -0.4 is 11.5 Å². The molecule has 22 heavy (non-hydrogen) atoms. The van der Waals surface area contributed by atoms with Gasteiger partial charge in [0.2, 0.25) is 5.91 Å². The fourth-order valence-electron chi connectivity index (χ4n) is 2.43. The minimum Gasteiger partial charge on any atom is -0.383 e. The van der Waals surface area contributed by atoms with Gasteiger partial charge in [0.05, 0.1) is 5.56 Å². The number of primary amides is 1. The number of anilines is 1. The smallest absolute Gasteiger partial charge is 0.249 e. The molecule has 2 heterocycles. The summed E-state index contributed by atoms with van der Waals surface area (Å²) in [5.41, 5.74) is 14.9. The summed E-state index contributed by atoms with van der Waals surface area (Å²) < 4.78 is 0. The maximum absolute atomic E-state index is 11.7. The van der Waals surface area contributed by atoms with Gasteiger partial charge in [-0.15, -0.1) is 0 Å². The van der Waals surface area contributed by atoms with Gasteiger partial charge < -0.3 is 11.5 Å². The van der Waals surface area contributed by atoms with Crippen molar-refractivity contribution in [3.63, 3.8) is 0 Å². The van der Waals surface area contributed by atoms with E-state index in [0.29, 0.717) is 11.1 Å². The number of benzene rings is 1. The largest absolute Gasteiger partial charge is 0.383 e. The standard InChI is InChI=1S/C17H14N4O/c18-16-15(13(17(19)22)7-9-21-16)14-10-20-8-6-12(14)11-4-2-1-3-5-11/h1-10H,(H2,18,21)(H2,19,22). The normalized spacial score (nSPS) is 10.4. The molecule has 0 aliphatic carbocycles. The van der Waals surface area contributed by atoms with E-state index in [1.165, 1.54) is 6.20 Å². The molecule has 108 valence electrons. The Morgan fingerprint density at radius 2 is 1.73 bits per heavy atom. The molecular weight excluding hydrogens is 276 g/mol. The molecule has 4 N–H and O–H groups in total. The maximum Gasteiger partial charge on any atom is 0.249 e. The van der Waals surface area contributed by atoms with E-state index in [2.05, 4.69) is 9.97 Å². The maximum atomic E-state index is 11.7. The number of aromatic nitrogens is 2. The van der Waals surface area contributed by atoms with Crippen LogP contribution in [0.15, 0.2) is 61.1 Å². The Labute approximate surface area is 127 Å². The average molecular weight is 290 g/mol. The van der Waals surface area contributed by atoms with Crippen LogP contribution in [0, 0.1) is 0 Å². The van der Waals surface area contributed by atoms with Crippen LogP contribution in [0.4, 0.5) is 5.82 Å². The van der Waals surface area contributed by atoms with Crippen LogP contribution in [-0.4, -0.2) is 15.9 Å². The Morgan fingerprint density at radius 1 is 0.955 bits per heavy atom. The summed E-state index contributed by atoms with van der Waals surface area (Å²) in [7, 11) is 0. The molecule has 5 heteroatoms. The van der Waals surface area contributed by atoms with Crippen LogP contribution >= 0.6 is 0 Å². The molecule has 0 fully saturated rings. The van der Waals surface area contributed by atoms with Crippen molar-refractivity contribution in [3.05, 3.63) is 66.6 Å². The zero-order valence-electron chi connectivity index (χ0n) is 11.7. The Balaban J connectivity index is 2.30. The highest BCUT2D eigenvalue weighted by Gasteiger charge is 2.17. The van der Waals surface area contributed by atoms with E-state index in [4.69, 9.17) is 11.5 Å². The molecule has 3 rings (SSSR count). The second-order valence-electron chi connectivity index (χ2n) is 4.77. The van der Waals surface area contributed by atoms with Gasteiger partial charge in [-0.05, 0) is 23.3 Å². The number of rotatable bonds is 3. The quantitative estimate of drug-likeness (QED) is 0.774. The van der Waals surface area contributed by atoms with E-state index in [1.807, 2.05) is 36.4 Å². The Hall–Kier alpha value is -3.21. The van der Waals surface area contributed by atoms with Gasteiger partial charge in [-0.2, -0.15) is 0 Å². The fourth-order valence-corrected chi connectivity index (χ4v) is 2.43. The van der Waals surface area contributed by atoms with Crippen molar-refractivity contribution >= 4 is 11.7 Å². The molecule has 2 aromatic heterocycles. The molecule has 0 radical (unpaired) electrons. The van der Waals surface area contributed by atoms with Gasteiger partial charge in [0.1, 0.15) is 5.82 Å². The van der Waals surface area contributed by atoms with E-state index >= 15 is 0 Å². The highest BCUT2D eigenvalue weighted by atomic mass is 16.1. The van der Waals surface area contributed by atoms with Gasteiger partial charge >= 0.3 is 0 Å². The molecule has 0 atom stereocenters. The molecule has 0 aliphatic rings. The molecule has 0 bridgehead atoms. The summed E-state index contributed by atoms with van der Waals surface area (Å²) in [6.07, 6.45) is 4.84. The summed E-state index contributed by atoms with van der Waals surface area (Å²) in [4.78, 5) is 19.9. The number of carbonyl (C=O) groups is 1.